The van der Waals surface area contributed by atoms with Crippen LogP contribution in [-0.2, 0) is 0 Å². The van der Waals surface area contributed by atoms with Crippen molar-refractivity contribution in [2.75, 3.05) is 37.7 Å². The lowest BCUT2D eigenvalue weighted by molar-refractivity contribution is 0.300. The van der Waals surface area contributed by atoms with Crippen molar-refractivity contribution < 1.29 is 4.74 Å². The summed E-state index contributed by atoms with van der Waals surface area (Å²) >= 11 is 0. The number of hydrogen-bond donors (Lipinski definition) is 1. The summed E-state index contributed by atoms with van der Waals surface area (Å²) in [6.45, 7) is 5.21. The van der Waals surface area contributed by atoms with E-state index in [1.165, 1.54) is 29.3 Å². The summed E-state index contributed by atoms with van der Waals surface area (Å²) in [5.41, 5.74) is 1.33. The Labute approximate surface area is 125 Å². The zero-order valence-electron chi connectivity index (χ0n) is 12.3. The summed E-state index contributed by atoms with van der Waals surface area (Å²) in [5, 5.41) is 5.96. The van der Waals surface area contributed by atoms with E-state index < -0.39 is 0 Å². The number of piperazine rings is 1. The van der Waals surface area contributed by atoms with Gasteiger partial charge in [0.25, 0.3) is 0 Å². The Morgan fingerprint density at radius 1 is 1.00 bits per heavy atom. The van der Waals surface area contributed by atoms with Crippen LogP contribution in [0.4, 0.5) is 5.69 Å². The molecule has 2 aliphatic rings. The van der Waals surface area contributed by atoms with Gasteiger partial charge < -0.3 is 15.0 Å². The number of rotatable bonds is 4. The predicted octanol–water partition coefficient (Wildman–Crippen LogP) is 3.04. The van der Waals surface area contributed by atoms with Gasteiger partial charge in [-0.3, -0.25) is 0 Å². The van der Waals surface area contributed by atoms with Crippen LogP contribution >= 0.6 is 0 Å². The number of nitrogens with zero attached hydrogens (tertiary/aromatic N) is 1. The van der Waals surface area contributed by atoms with E-state index in [1.807, 2.05) is 0 Å². The van der Waals surface area contributed by atoms with Crippen molar-refractivity contribution in [2.24, 2.45) is 5.92 Å². The van der Waals surface area contributed by atoms with Crippen LogP contribution in [0.25, 0.3) is 10.8 Å². The maximum atomic E-state index is 5.87. The van der Waals surface area contributed by atoms with Crippen LogP contribution in [-0.4, -0.2) is 32.8 Å². The average molecular weight is 282 g/mol. The van der Waals surface area contributed by atoms with Gasteiger partial charge in [-0.15, -0.1) is 0 Å². The van der Waals surface area contributed by atoms with Gasteiger partial charge in [0, 0.05) is 31.9 Å². The van der Waals surface area contributed by atoms with Crippen molar-refractivity contribution in [3.63, 3.8) is 0 Å². The SMILES string of the molecule is c1cc2cc(N3CCNCC3)ccc2cc1OCC1CC1. The minimum atomic E-state index is 0.802. The van der Waals surface area contributed by atoms with E-state index in [9.17, 15) is 0 Å². The molecular weight excluding hydrogens is 260 g/mol. The van der Waals surface area contributed by atoms with Crippen molar-refractivity contribution in [1.29, 1.82) is 0 Å². The molecule has 1 N–H and O–H groups in total. The second-order valence-corrected chi connectivity index (χ2v) is 6.18. The summed E-state index contributed by atoms with van der Waals surface area (Å²) in [7, 11) is 0. The zero-order chi connectivity index (χ0) is 14.1. The highest BCUT2D eigenvalue weighted by Crippen LogP contribution is 2.31. The standard InChI is InChI=1S/C18H22N2O/c1-2-14(1)13-21-18-6-4-15-11-17(5-3-16(15)12-18)20-9-7-19-8-10-20/h3-6,11-12,14,19H,1-2,7-10,13H2. The van der Waals surface area contributed by atoms with Gasteiger partial charge in [-0.05, 0) is 53.8 Å². The molecule has 2 aromatic carbocycles. The van der Waals surface area contributed by atoms with E-state index in [4.69, 9.17) is 4.74 Å². The Bertz CT molecular complexity index is 630. The largest absolute Gasteiger partial charge is 0.493 e. The normalized spacial score (nSPS) is 19.0. The molecular formula is C18H22N2O. The lowest BCUT2D eigenvalue weighted by atomic mass is 10.1. The van der Waals surface area contributed by atoms with E-state index in [1.54, 1.807) is 0 Å². The third kappa shape index (κ3) is 2.98. The summed E-state index contributed by atoms with van der Waals surface area (Å²) < 4.78 is 5.87. The smallest absolute Gasteiger partial charge is 0.119 e. The molecule has 110 valence electrons. The maximum absolute atomic E-state index is 5.87. The number of nitrogens with one attached hydrogen (secondary N) is 1. The highest BCUT2D eigenvalue weighted by Gasteiger charge is 2.21. The molecule has 1 aliphatic heterocycles. The van der Waals surface area contributed by atoms with Crippen molar-refractivity contribution in [1.82, 2.24) is 5.32 Å². The molecule has 0 unspecified atom stereocenters. The lowest BCUT2D eigenvalue weighted by Crippen LogP contribution is -2.43. The van der Waals surface area contributed by atoms with Gasteiger partial charge in [-0.1, -0.05) is 12.1 Å². The molecule has 21 heavy (non-hydrogen) atoms. The summed E-state index contributed by atoms with van der Waals surface area (Å²) in [6.07, 6.45) is 2.67. The van der Waals surface area contributed by atoms with Crippen LogP contribution in [0.2, 0.25) is 0 Å². The molecule has 0 radical (unpaired) electrons. The Hall–Kier alpha value is -1.74. The minimum Gasteiger partial charge on any atom is -0.493 e. The van der Waals surface area contributed by atoms with Gasteiger partial charge in [0.15, 0.2) is 0 Å². The first kappa shape index (κ1) is 13.0. The molecule has 3 nitrogen and oxygen atoms in total. The first-order valence-corrected chi connectivity index (χ1v) is 8.01. The van der Waals surface area contributed by atoms with Gasteiger partial charge in [-0.2, -0.15) is 0 Å². The molecule has 1 saturated carbocycles. The molecule has 0 atom stereocenters. The zero-order valence-corrected chi connectivity index (χ0v) is 12.3. The fourth-order valence-electron chi connectivity index (χ4n) is 2.92. The van der Waals surface area contributed by atoms with Crippen LogP contribution in [0.15, 0.2) is 36.4 Å². The van der Waals surface area contributed by atoms with Crippen LogP contribution in [0.3, 0.4) is 0 Å². The molecule has 3 heteroatoms. The number of fused-ring (bicyclic) bond motifs is 1. The number of ether oxygens (including phenoxy) is 1. The van der Waals surface area contributed by atoms with Crippen molar-refractivity contribution >= 4 is 16.5 Å². The third-order valence-electron chi connectivity index (χ3n) is 4.46. The van der Waals surface area contributed by atoms with Gasteiger partial charge in [0.1, 0.15) is 5.75 Å². The van der Waals surface area contributed by atoms with Gasteiger partial charge in [-0.25, -0.2) is 0 Å². The topological polar surface area (TPSA) is 24.5 Å². The highest BCUT2D eigenvalue weighted by molar-refractivity contribution is 5.87. The Morgan fingerprint density at radius 2 is 1.76 bits per heavy atom. The van der Waals surface area contributed by atoms with Gasteiger partial charge in [0.05, 0.1) is 6.61 Å². The maximum Gasteiger partial charge on any atom is 0.119 e. The monoisotopic (exact) mass is 282 g/mol. The Balaban J connectivity index is 1.54. The molecule has 1 saturated heterocycles. The van der Waals surface area contributed by atoms with Crippen molar-refractivity contribution in [2.45, 2.75) is 12.8 Å². The first-order valence-electron chi connectivity index (χ1n) is 8.01. The molecule has 1 aliphatic carbocycles. The van der Waals surface area contributed by atoms with E-state index >= 15 is 0 Å². The quantitative estimate of drug-likeness (QED) is 0.933. The van der Waals surface area contributed by atoms with Crippen LogP contribution in [0.5, 0.6) is 5.75 Å². The van der Waals surface area contributed by atoms with Crippen LogP contribution in [0, 0.1) is 5.92 Å². The van der Waals surface area contributed by atoms with Crippen molar-refractivity contribution in [3.8, 4) is 5.75 Å². The highest BCUT2D eigenvalue weighted by atomic mass is 16.5. The summed E-state index contributed by atoms with van der Waals surface area (Å²) in [4.78, 5) is 2.45. The van der Waals surface area contributed by atoms with Crippen molar-refractivity contribution in [3.05, 3.63) is 36.4 Å². The van der Waals surface area contributed by atoms with Crippen LogP contribution < -0.4 is 15.0 Å². The predicted molar refractivity (Wildman–Crippen MR) is 87.2 cm³/mol. The van der Waals surface area contributed by atoms with Crippen LogP contribution in [0.1, 0.15) is 12.8 Å². The second kappa shape index (κ2) is 5.57. The van der Waals surface area contributed by atoms with E-state index in [-0.39, 0.29) is 0 Å². The molecule has 0 aromatic heterocycles. The van der Waals surface area contributed by atoms with Gasteiger partial charge >= 0.3 is 0 Å². The lowest BCUT2D eigenvalue weighted by Gasteiger charge is -2.29. The molecule has 1 heterocycles. The number of anilines is 1. The molecule has 2 fully saturated rings. The second-order valence-electron chi connectivity index (χ2n) is 6.18. The Kier molecular flexibility index (Phi) is 3.44. The van der Waals surface area contributed by atoms with E-state index in [0.717, 1.165) is 44.5 Å². The third-order valence-corrected chi connectivity index (χ3v) is 4.46. The number of hydrogen-bond acceptors (Lipinski definition) is 3. The fourth-order valence-corrected chi connectivity index (χ4v) is 2.92. The molecule has 0 amide bonds. The first-order chi connectivity index (χ1) is 10.4. The summed E-state index contributed by atoms with van der Waals surface area (Å²) in [6, 6.07) is 13.2. The molecule has 4 rings (SSSR count). The molecule has 0 bridgehead atoms. The van der Waals surface area contributed by atoms with E-state index in [0.29, 0.717) is 0 Å². The fraction of sp³-hybridized carbons (Fsp3) is 0.444. The van der Waals surface area contributed by atoms with Gasteiger partial charge in [0.2, 0.25) is 0 Å². The van der Waals surface area contributed by atoms with E-state index in [2.05, 4.69) is 46.6 Å². The molecule has 2 aromatic rings. The summed E-state index contributed by atoms with van der Waals surface area (Å²) in [5.74, 6) is 1.81. The molecule has 0 spiro atoms. The number of benzene rings is 2. The Morgan fingerprint density at radius 3 is 2.57 bits per heavy atom. The average Bonchev–Trinajstić information content (AvgIpc) is 3.37. The minimum absolute atomic E-state index is 0.802.